The second-order valence-corrected chi connectivity index (χ2v) is 12.9. The van der Waals surface area contributed by atoms with Crippen LogP contribution >= 0.6 is 11.6 Å². The molecule has 2 atom stereocenters. The van der Waals surface area contributed by atoms with Crippen LogP contribution < -0.4 is 30.7 Å². The molecule has 0 aromatic heterocycles. The highest BCUT2D eigenvalue weighted by molar-refractivity contribution is 7.90. The summed E-state index contributed by atoms with van der Waals surface area (Å²) in [6.07, 6.45) is 0.271. The molecule has 3 amide bonds. The lowest BCUT2D eigenvalue weighted by molar-refractivity contribution is -0.918. The summed E-state index contributed by atoms with van der Waals surface area (Å²) >= 11 is 5.95. The molecule has 2 aliphatic rings. The highest BCUT2D eigenvalue weighted by Crippen LogP contribution is 2.39. The number of nitrogens with zero attached hydrogens (tertiary/aromatic N) is 2. The van der Waals surface area contributed by atoms with Gasteiger partial charge in [-0.3, -0.25) is 25.0 Å². The molecular weight excluding hydrogens is 624 g/mol. The first-order valence-corrected chi connectivity index (χ1v) is 16.1. The number of sulfonamides is 1. The van der Waals surface area contributed by atoms with Crippen molar-refractivity contribution in [3.05, 3.63) is 88.6 Å². The Labute approximate surface area is 265 Å². The highest BCUT2D eigenvalue weighted by Gasteiger charge is 2.52. The molecular formula is C30H33ClN6O7S. The van der Waals surface area contributed by atoms with E-state index in [1.165, 1.54) is 24.3 Å². The van der Waals surface area contributed by atoms with E-state index >= 15 is 0 Å². The van der Waals surface area contributed by atoms with E-state index in [0.717, 1.165) is 4.90 Å². The van der Waals surface area contributed by atoms with E-state index in [4.69, 9.17) is 22.1 Å². The molecule has 15 heteroatoms. The first kappa shape index (κ1) is 32.5. The zero-order valence-electron chi connectivity index (χ0n) is 24.1. The smallest absolute Gasteiger partial charge is 0.297 e. The maximum Gasteiger partial charge on any atom is 0.297 e. The summed E-state index contributed by atoms with van der Waals surface area (Å²) in [6.45, 7) is 0.808. The third kappa shape index (κ3) is 7.17. The van der Waals surface area contributed by atoms with Crippen molar-refractivity contribution in [2.45, 2.75) is 29.8 Å². The van der Waals surface area contributed by atoms with E-state index in [9.17, 15) is 28.0 Å². The number of rotatable bonds is 10. The molecule has 2 saturated heterocycles. The number of hydrogen-bond acceptors (Lipinski definition) is 10. The largest absolute Gasteiger partial charge is 0.631 e. The van der Waals surface area contributed by atoms with Crippen LogP contribution in [0, 0.1) is 5.21 Å². The lowest BCUT2D eigenvalue weighted by Crippen LogP contribution is -2.71. The third-order valence-electron chi connectivity index (χ3n) is 7.66. The normalized spacial score (nSPS) is 21.0. The Morgan fingerprint density at radius 1 is 1.00 bits per heavy atom. The van der Waals surface area contributed by atoms with E-state index < -0.39 is 51.0 Å². The van der Waals surface area contributed by atoms with Crippen molar-refractivity contribution in [3.63, 3.8) is 0 Å². The van der Waals surface area contributed by atoms with Crippen molar-refractivity contribution >= 4 is 45.0 Å². The predicted molar refractivity (Wildman–Crippen MR) is 166 cm³/mol. The Bertz CT molecular complexity index is 1650. The monoisotopic (exact) mass is 656 g/mol. The maximum absolute atomic E-state index is 14.6. The number of piperazine rings is 1. The first-order valence-electron chi connectivity index (χ1n) is 14.3. The Morgan fingerprint density at radius 3 is 2.20 bits per heavy atom. The van der Waals surface area contributed by atoms with Gasteiger partial charge in [-0.15, -0.1) is 0 Å². The Hall–Kier alpha value is -3.89. The zero-order chi connectivity index (χ0) is 32.2. The van der Waals surface area contributed by atoms with Gasteiger partial charge in [0.25, 0.3) is 21.8 Å². The summed E-state index contributed by atoms with van der Waals surface area (Å²) in [6, 6.07) is 16.4. The average Bonchev–Trinajstić information content (AvgIpc) is 3.02. The lowest BCUT2D eigenvalue weighted by Gasteiger charge is -2.56. The number of quaternary nitrogens is 1. The van der Waals surface area contributed by atoms with Gasteiger partial charge in [-0.2, -0.15) is 0 Å². The van der Waals surface area contributed by atoms with Crippen molar-refractivity contribution in [2.75, 3.05) is 37.7 Å². The van der Waals surface area contributed by atoms with Crippen LogP contribution in [0.2, 0.25) is 5.02 Å². The fourth-order valence-corrected chi connectivity index (χ4v) is 6.55. The number of imide groups is 1. The number of amides is 3. The van der Waals surface area contributed by atoms with Crippen LogP contribution in [0.4, 0.5) is 5.69 Å². The number of anilines is 1. The quantitative estimate of drug-likeness (QED) is 0.143. The van der Waals surface area contributed by atoms with Gasteiger partial charge < -0.3 is 20.3 Å². The van der Waals surface area contributed by atoms with Gasteiger partial charge in [-0.05, 0) is 85.8 Å². The molecule has 0 bridgehead atoms. The van der Waals surface area contributed by atoms with E-state index in [-0.39, 0.29) is 23.5 Å². The molecule has 2 unspecified atom stereocenters. The molecule has 0 radical (unpaired) electrons. The first-order chi connectivity index (χ1) is 21.5. The molecule has 2 fully saturated rings. The molecule has 0 aliphatic carbocycles. The van der Waals surface area contributed by atoms with Crippen molar-refractivity contribution in [1.82, 2.24) is 15.4 Å². The van der Waals surface area contributed by atoms with E-state index in [1.54, 1.807) is 48.5 Å². The lowest BCUT2D eigenvalue weighted by atomic mass is 9.96. The topological polar surface area (TPSA) is 183 Å². The number of hydroxylamine groups is 3. The van der Waals surface area contributed by atoms with Crippen molar-refractivity contribution in [2.24, 2.45) is 5.73 Å². The van der Waals surface area contributed by atoms with Gasteiger partial charge in [-0.25, -0.2) is 18.0 Å². The van der Waals surface area contributed by atoms with Gasteiger partial charge >= 0.3 is 0 Å². The molecule has 3 aromatic rings. The van der Waals surface area contributed by atoms with Crippen LogP contribution in [-0.4, -0.2) is 69.7 Å². The number of benzene rings is 3. The predicted octanol–water partition coefficient (Wildman–Crippen LogP) is 2.12. The summed E-state index contributed by atoms with van der Waals surface area (Å²) < 4.78 is 32.1. The number of carbonyl (C=O) groups excluding carboxylic acids is 3. The molecule has 3 aromatic carbocycles. The second-order valence-electron chi connectivity index (χ2n) is 10.8. The number of nitrogens with two attached hydrogens (primary N) is 1. The van der Waals surface area contributed by atoms with Crippen LogP contribution in [0.15, 0.2) is 77.7 Å². The summed E-state index contributed by atoms with van der Waals surface area (Å²) in [5, 5.41) is 21.4. The number of hydrogen-bond donors (Lipinski definition) is 4. The molecule has 13 nitrogen and oxygen atoms in total. The van der Waals surface area contributed by atoms with Crippen LogP contribution in [0.3, 0.4) is 0 Å². The second kappa shape index (κ2) is 13.6. The minimum Gasteiger partial charge on any atom is -0.631 e. The van der Waals surface area contributed by atoms with Crippen LogP contribution in [-0.2, 0) is 24.4 Å². The van der Waals surface area contributed by atoms with Gasteiger partial charge in [0.1, 0.15) is 17.5 Å². The molecule has 5 N–H and O–H groups in total. The fraction of sp³-hybridized carbons (Fsp3) is 0.300. The molecule has 2 heterocycles. The Morgan fingerprint density at radius 2 is 1.60 bits per heavy atom. The molecule has 238 valence electrons. The molecule has 45 heavy (non-hydrogen) atoms. The molecule has 0 saturated carbocycles. The minimum atomic E-state index is -4.19. The summed E-state index contributed by atoms with van der Waals surface area (Å²) in [4.78, 5) is 40.3. The van der Waals surface area contributed by atoms with Crippen LogP contribution in [0.1, 0.15) is 24.4 Å². The molecule has 2 aliphatic heterocycles. The summed E-state index contributed by atoms with van der Waals surface area (Å²) in [5.74, 6) is -1.15. The van der Waals surface area contributed by atoms with Crippen molar-refractivity contribution in [1.29, 1.82) is 0 Å². The van der Waals surface area contributed by atoms with Gasteiger partial charge in [0.05, 0.1) is 23.7 Å². The van der Waals surface area contributed by atoms with E-state index in [2.05, 4.69) is 10.6 Å². The Balaban J connectivity index is 1.43. The fourth-order valence-electron chi connectivity index (χ4n) is 5.41. The minimum absolute atomic E-state index is 0.0541. The average molecular weight is 657 g/mol. The summed E-state index contributed by atoms with van der Waals surface area (Å²) in [5.41, 5.74) is 5.87. The Kier molecular flexibility index (Phi) is 9.84. The van der Waals surface area contributed by atoms with Crippen LogP contribution in [0.5, 0.6) is 11.5 Å². The highest BCUT2D eigenvalue weighted by atomic mass is 35.5. The van der Waals surface area contributed by atoms with E-state index in [0.29, 0.717) is 48.3 Å². The van der Waals surface area contributed by atoms with Crippen LogP contribution in [0.25, 0.3) is 0 Å². The van der Waals surface area contributed by atoms with Crippen molar-refractivity contribution < 1.29 is 32.2 Å². The number of ether oxygens (including phenoxy) is 1. The maximum atomic E-state index is 14.6. The zero-order valence-corrected chi connectivity index (χ0v) is 25.7. The van der Waals surface area contributed by atoms with Gasteiger partial charge in [0, 0.05) is 23.7 Å². The SMILES string of the molecule is NCCCC(=O)NS(=O)(=O)c1ccc(N2C(=O)C[N+]([O-])(C3CNCNC3)C(c3ccc(Oc4ccc(Cl)cc4)cc3)C2=O)cc1. The number of halogens is 1. The molecule has 0 spiro atoms. The standard InChI is InChI=1S/C30H33ClN6O7S/c31-21-5-11-25(12-6-21)44-24-9-3-20(4-10-24)29-30(40)36(28(39)18-37(29,41)23-16-33-19-34-17-23)22-7-13-26(14-8-22)45(42,43)35-27(38)2-1-15-32/h3-14,23,29,33-34H,1-2,15-19,32H2,(H,35,38). The summed E-state index contributed by atoms with van der Waals surface area (Å²) in [7, 11) is -4.19. The van der Waals surface area contributed by atoms with Gasteiger partial charge in [0.15, 0.2) is 12.6 Å². The van der Waals surface area contributed by atoms with E-state index in [1.807, 2.05) is 4.72 Å². The van der Waals surface area contributed by atoms with Gasteiger partial charge in [0.2, 0.25) is 5.91 Å². The van der Waals surface area contributed by atoms with Gasteiger partial charge in [-0.1, -0.05) is 11.6 Å². The number of carbonyl (C=O) groups is 3. The van der Waals surface area contributed by atoms with Crippen molar-refractivity contribution in [3.8, 4) is 11.5 Å². The number of nitrogens with one attached hydrogen (secondary N) is 3. The third-order valence-corrected chi connectivity index (χ3v) is 9.30. The molecule has 5 rings (SSSR count).